The molecule has 5 heteroatoms. The first-order chi connectivity index (χ1) is 11.8. The molecule has 2 aromatic rings. The number of carbonyl (C=O) groups is 1. The van der Waals surface area contributed by atoms with Crippen molar-refractivity contribution in [2.24, 2.45) is 0 Å². The number of aromatic nitrogens is 2. The van der Waals surface area contributed by atoms with Crippen LogP contribution in [0.5, 0.6) is 0 Å². The number of nitrogens with one attached hydrogen (secondary N) is 1. The fraction of sp³-hybridized carbons (Fsp3) is 0.421. The lowest BCUT2D eigenvalue weighted by molar-refractivity contribution is -0.120. The maximum atomic E-state index is 12.1. The molecule has 2 aliphatic rings. The summed E-state index contributed by atoms with van der Waals surface area (Å²) >= 11 is 0. The zero-order chi connectivity index (χ0) is 16.4. The number of piperidine rings is 1. The first-order valence-electron chi connectivity index (χ1n) is 8.57. The van der Waals surface area contributed by atoms with E-state index in [1.165, 1.54) is 11.1 Å². The second kappa shape index (κ2) is 6.32. The average molecular weight is 322 g/mol. The molecule has 0 unspecified atom stereocenters. The normalized spacial score (nSPS) is 23.3. The van der Waals surface area contributed by atoms with Crippen molar-refractivity contribution in [2.75, 3.05) is 13.1 Å². The van der Waals surface area contributed by atoms with Gasteiger partial charge in [0.15, 0.2) is 0 Å². The molecule has 2 aliphatic heterocycles. The van der Waals surface area contributed by atoms with E-state index in [9.17, 15) is 4.79 Å². The van der Waals surface area contributed by atoms with Crippen LogP contribution in [0.4, 0.5) is 0 Å². The Bertz CT molecular complexity index is 696. The standard InChI is InChI=1S/C19H22N4O/c24-18-13-17(16-3-9-21-10-4-16)19(22-18)5-11-23(12-6-19)14-15-1-7-20-8-2-15/h1-4,7-10,17H,5-6,11-14H2,(H,22,24)/t17-/m1/s1. The molecule has 2 saturated heterocycles. The fourth-order valence-corrected chi connectivity index (χ4v) is 4.16. The van der Waals surface area contributed by atoms with Gasteiger partial charge in [-0.15, -0.1) is 0 Å². The van der Waals surface area contributed by atoms with E-state index in [1.807, 2.05) is 24.8 Å². The van der Waals surface area contributed by atoms with Gasteiger partial charge in [-0.25, -0.2) is 0 Å². The van der Waals surface area contributed by atoms with E-state index >= 15 is 0 Å². The first kappa shape index (κ1) is 15.3. The molecule has 2 fully saturated rings. The van der Waals surface area contributed by atoms with Crippen LogP contribution in [-0.2, 0) is 11.3 Å². The van der Waals surface area contributed by atoms with E-state index in [1.54, 1.807) is 0 Å². The summed E-state index contributed by atoms with van der Waals surface area (Å²) in [6, 6.07) is 8.25. The minimum atomic E-state index is -0.0901. The van der Waals surface area contributed by atoms with Crippen LogP contribution >= 0.6 is 0 Å². The fourth-order valence-electron chi connectivity index (χ4n) is 4.16. The Balaban J connectivity index is 1.47. The number of likely N-dealkylation sites (tertiary alicyclic amines) is 1. The van der Waals surface area contributed by atoms with Gasteiger partial charge < -0.3 is 5.32 Å². The lowest BCUT2D eigenvalue weighted by Crippen LogP contribution is -2.53. The summed E-state index contributed by atoms with van der Waals surface area (Å²) in [5.41, 5.74) is 2.43. The molecule has 1 atom stereocenters. The highest BCUT2D eigenvalue weighted by atomic mass is 16.2. The Morgan fingerprint density at radius 3 is 2.33 bits per heavy atom. The number of pyridine rings is 2. The van der Waals surface area contributed by atoms with Gasteiger partial charge in [-0.1, -0.05) is 0 Å². The number of amides is 1. The van der Waals surface area contributed by atoms with Crippen molar-refractivity contribution >= 4 is 5.91 Å². The van der Waals surface area contributed by atoms with Crippen LogP contribution in [0.1, 0.15) is 36.3 Å². The monoisotopic (exact) mass is 322 g/mol. The maximum absolute atomic E-state index is 12.1. The molecule has 24 heavy (non-hydrogen) atoms. The SMILES string of the molecule is O=C1C[C@H](c2ccncc2)C2(CCN(Cc3ccncc3)CC2)N1. The molecule has 2 aromatic heterocycles. The van der Waals surface area contributed by atoms with Crippen molar-refractivity contribution in [1.82, 2.24) is 20.2 Å². The predicted molar refractivity (Wildman–Crippen MR) is 91.2 cm³/mol. The zero-order valence-electron chi connectivity index (χ0n) is 13.7. The average Bonchev–Trinajstić information content (AvgIpc) is 2.95. The Kier molecular flexibility index (Phi) is 4.02. The van der Waals surface area contributed by atoms with Crippen molar-refractivity contribution in [3.63, 3.8) is 0 Å². The second-order valence-electron chi connectivity index (χ2n) is 6.87. The van der Waals surface area contributed by atoms with E-state index in [0.29, 0.717) is 6.42 Å². The van der Waals surface area contributed by atoms with Gasteiger partial charge in [-0.3, -0.25) is 19.7 Å². The summed E-state index contributed by atoms with van der Waals surface area (Å²) in [6.07, 6.45) is 9.92. The minimum absolute atomic E-state index is 0.0901. The number of hydrogen-bond acceptors (Lipinski definition) is 4. The Labute approximate surface area is 142 Å². The van der Waals surface area contributed by atoms with Crippen LogP contribution < -0.4 is 5.32 Å². The van der Waals surface area contributed by atoms with Gasteiger partial charge in [0, 0.05) is 62.3 Å². The molecule has 4 rings (SSSR count). The van der Waals surface area contributed by atoms with Gasteiger partial charge in [-0.2, -0.15) is 0 Å². The summed E-state index contributed by atoms with van der Waals surface area (Å²) in [7, 11) is 0. The van der Waals surface area contributed by atoms with E-state index in [4.69, 9.17) is 0 Å². The zero-order valence-corrected chi connectivity index (χ0v) is 13.7. The summed E-state index contributed by atoms with van der Waals surface area (Å²) in [5, 5.41) is 3.31. The predicted octanol–water partition coefficient (Wildman–Crippen LogP) is 2.11. The third-order valence-corrected chi connectivity index (χ3v) is 5.46. The Hall–Kier alpha value is -2.27. The third-order valence-electron chi connectivity index (χ3n) is 5.46. The van der Waals surface area contributed by atoms with Gasteiger partial charge in [0.25, 0.3) is 0 Å². The summed E-state index contributed by atoms with van der Waals surface area (Å²) in [5.74, 6) is 0.440. The quantitative estimate of drug-likeness (QED) is 0.940. The van der Waals surface area contributed by atoms with Crippen molar-refractivity contribution in [3.05, 3.63) is 60.2 Å². The molecular formula is C19H22N4O. The molecule has 4 heterocycles. The summed E-state index contributed by atoms with van der Waals surface area (Å²) < 4.78 is 0. The number of hydrogen-bond donors (Lipinski definition) is 1. The Morgan fingerprint density at radius 2 is 1.67 bits per heavy atom. The van der Waals surface area contributed by atoms with Crippen LogP contribution in [-0.4, -0.2) is 39.4 Å². The van der Waals surface area contributed by atoms with Crippen LogP contribution in [0, 0.1) is 0 Å². The second-order valence-corrected chi connectivity index (χ2v) is 6.87. The molecule has 1 amide bonds. The lowest BCUT2D eigenvalue weighted by Gasteiger charge is -2.43. The molecule has 1 spiro atoms. The Morgan fingerprint density at radius 1 is 1.04 bits per heavy atom. The van der Waals surface area contributed by atoms with Crippen LogP contribution in [0.2, 0.25) is 0 Å². The van der Waals surface area contributed by atoms with Crippen molar-refractivity contribution in [1.29, 1.82) is 0 Å². The van der Waals surface area contributed by atoms with Gasteiger partial charge in [0.1, 0.15) is 0 Å². The minimum Gasteiger partial charge on any atom is -0.350 e. The molecule has 1 N–H and O–H groups in total. The smallest absolute Gasteiger partial charge is 0.221 e. The largest absolute Gasteiger partial charge is 0.350 e. The van der Waals surface area contributed by atoms with E-state index in [2.05, 4.69) is 44.5 Å². The number of rotatable bonds is 3. The third kappa shape index (κ3) is 2.91. The van der Waals surface area contributed by atoms with Crippen LogP contribution in [0.3, 0.4) is 0 Å². The molecule has 0 aliphatic carbocycles. The van der Waals surface area contributed by atoms with Crippen molar-refractivity contribution in [2.45, 2.75) is 37.3 Å². The first-order valence-corrected chi connectivity index (χ1v) is 8.57. The molecule has 0 aromatic carbocycles. The van der Waals surface area contributed by atoms with E-state index in [0.717, 1.165) is 32.5 Å². The highest BCUT2D eigenvalue weighted by molar-refractivity contribution is 5.81. The number of nitrogens with zero attached hydrogens (tertiary/aromatic N) is 3. The van der Waals surface area contributed by atoms with Gasteiger partial charge in [-0.05, 0) is 48.2 Å². The highest BCUT2D eigenvalue weighted by Gasteiger charge is 2.48. The topological polar surface area (TPSA) is 58.1 Å². The van der Waals surface area contributed by atoms with Crippen LogP contribution in [0.15, 0.2) is 49.1 Å². The van der Waals surface area contributed by atoms with Gasteiger partial charge >= 0.3 is 0 Å². The molecule has 0 radical (unpaired) electrons. The van der Waals surface area contributed by atoms with E-state index < -0.39 is 0 Å². The summed E-state index contributed by atoms with van der Waals surface area (Å²) in [4.78, 5) is 22.8. The molecule has 0 bridgehead atoms. The molecule has 5 nitrogen and oxygen atoms in total. The summed E-state index contributed by atoms with van der Waals surface area (Å²) in [6.45, 7) is 2.96. The van der Waals surface area contributed by atoms with Crippen LogP contribution in [0.25, 0.3) is 0 Å². The van der Waals surface area contributed by atoms with Crippen molar-refractivity contribution in [3.8, 4) is 0 Å². The number of carbonyl (C=O) groups excluding carboxylic acids is 1. The molecule has 124 valence electrons. The maximum Gasteiger partial charge on any atom is 0.221 e. The van der Waals surface area contributed by atoms with Gasteiger partial charge in [0.2, 0.25) is 5.91 Å². The molecule has 0 saturated carbocycles. The van der Waals surface area contributed by atoms with Crippen molar-refractivity contribution < 1.29 is 4.79 Å². The molecular weight excluding hydrogens is 300 g/mol. The van der Waals surface area contributed by atoms with E-state index in [-0.39, 0.29) is 17.4 Å². The highest BCUT2D eigenvalue weighted by Crippen LogP contribution is 2.43. The van der Waals surface area contributed by atoms with Gasteiger partial charge in [0.05, 0.1) is 0 Å². The lowest BCUT2D eigenvalue weighted by atomic mass is 9.74.